The Morgan fingerprint density at radius 2 is 0.792 bits per heavy atom. The van der Waals surface area contributed by atoms with Crippen LogP contribution in [0.1, 0.15) is 232 Å². The highest BCUT2D eigenvalue weighted by molar-refractivity contribution is 4.82. The van der Waals surface area contributed by atoms with Crippen molar-refractivity contribution in [1.29, 1.82) is 0 Å². The van der Waals surface area contributed by atoms with E-state index in [-0.39, 0.29) is 6.10 Å². The highest BCUT2D eigenvalue weighted by Gasteiger charge is 2.23. The molecule has 0 aromatic carbocycles. The third kappa shape index (κ3) is 43.9. The third-order valence-corrected chi connectivity index (χ3v) is 11.0. The molecule has 4 heteroatoms. The number of aliphatic hydroxyl groups is 1. The Balaban J connectivity index is 4.13. The van der Waals surface area contributed by atoms with Crippen molar-refractivity contribution in [3.8, 4) is 0 Å². The summed E-state index contributed by atoms with van der Waals surface area (Å²) in [6, 6.07) is 0. The average molecular weight is 749 g/mol. The summed E-state index contributed by atoms with van der Waals surface area (Å²) in [6.45, 7) is 9.63. The molecule has 0 fully saturated rings. The van der Waals surface area contributed by atoms with E-state index in [1.165, 1.54) is 212 Å². The van der Waals surface area contributed by atoms with Crippen LogP contribution in [-0.4, -0.2) is 69.3 Å². The molecule has 0 aliphatic heterocycles. The predicted molar refractivity (Wildman–Crippen MR) is 236 cm³/mol. The van der Waals surface area contributed by atoms with Gasteiger partial charge in [0.25, 0.3) is 0 Å². The molecular weight excluding hydrogens is 651 g/mol. The Kier molecular flexibility index (Phi) is 43.5. The van der Waals surface area contributed by atoms with Gasteiger partial charge in [0.15, 0.2) is 0 Å². The van der Waals surface area contributed by atoms with Crippen LogP contribution >= 0.6 is 0 Å². The van der Waals surface area contributed by atoms with Crippen LogP contribution < -0.4 is 0 Å². The second-order valence-electron chi connectivity index (χ2n) is 17.1. The average Bonchev–Trinajstić information content (AvgIpc) is 3.15. The van der Waals surface area contributed by atoms with Gasteiger partial charge in [-0.15, -0.1) is 0 Å². The molecule has 0 aromatic heterocycles. The molecule has 0 aliphatic carbocycles. The van der Waals surface area contributed by atoms with Crippen LogP contribution in [0.4, 0.5) is 0 Å². The van der Waals surface area contributed by atoms with Crippen molar-refractivity contribution in [3.63, 3.8) is 0 Å². The van der Waals surface area contributed by atoms with E-state index in [1.54, 1.807) is 0 Å². The number of hydrogen-bond donors (Lipinski definition) is 1. The summed E-state index contributed by atoms with van der Waals surface area (Å²) in [6.07, 6.45) is 54.7. The lowest BCUT2D eigenvalue weighted by Gasteiger charge is -2.33. The van der Waals surface area contributed by atoms with Crippen molar-refractivity contribution in [2.45, 2.75) is 238 Å². The minimum Gasteiger partial charge on any atom is -0.396 e. The minimum atomic E-state index is 0.187. The highest BCUT2D eigenvalue weighted by Crippen LogP contribution is 2.14. The first-order valence-electron chi connectivity index (χ1n) is 24.0. The number of rotatable bonds is 45. The van der Waals surface area contributed by atoms with Crippen LogP contribution in [0.15, 0.2) is 24.3 Å². The van der Waals surface area contributed by atoms with Crippen LogP contribution in [0.5, 0.6) is 0 Å². The molecular formula is C49H98NO3+. The van der Waals surface area contributed by atoms with Gasteiger partial charge in [-0.25, -0.2) is 0 Å². The Labute approximate surface area is 334 Å². The molecule has 0 saturated carbocycles. The summed E-state index contributed by atoms with van der Waals surface area (Å²) >= 11 is 0. The maximum absolute atomic E-state index is 9.02. The van der Waals surface area contributed by atoms with Crippen LogP contribution in [0.25, 0.3) is 0 Å². The molecule has 0 aromatic rings. The van der Waals surface area contributed by atoms with Crippen LogP contribution in [0.3, 0.4) is 0 Å². The standard InChI is InChI=1S/C49H98NO3/c1-5-7-9-11-13-15-17-19-21-23-25-27-29-33-37-41-45-52-48-49(47-50(3,4)43-39-35-31-32-36-40-44-51)53-46-42-38-34-30-28-26-24-22-20-18-16-14-12-10-8-6-2/h19-22,49,51H,5-18,23-48H2,1-4H3/q+1/b21-19-,22-20-. The second kappa shape index (κ2) is 44.0. The lowest BCUT2D eigenvalue weighted by molar-refractivity contribution is -0.893. The fraction of sp³-hybridized carbons (Fsp3) is 0.918. The van der Waals surface area contributed by atoms with E-state index in [2.05, 4.69) is 52.2 Å². The lowest BCUT2D eigenvalue weighted by Crippen LogP contribution is -2.48. The zero-order valence-corrected chi connectivity index (χ0v) is 36.9. The third-order valence-electron chi connectivity index (χ3n) is 11.0. The Morgan fingerprint density at radius 1 is 0.434 bits per heavy atom. The number of nitrogens with zero attached hydrogens (tertiary/aromatic N) is 1. The number of hydrogen-bond acceptors (Lipinski definition) is 3. The lowest BCUT2D eigenvalue weighted by atomic mass is 10.1. The summed E-state index contributed by atoms with van der Waals surface area (Å²) < 4.78 is 13.8. The molecule has 1 N–H and O–H groups in total. The van der Waals surface area contributed by atoms with Gasteiger partial charge in [0.1, 0.15) is 12.6 Å². The summed E-state index contributed by atoms with van der Waals surface area (Å²) in [4.78, 5) is 0. The molecule has 0 amide bonds. The Hall–Kier alpha value is -0.680. The summed E-state index contributed by atoms with van der Waals surface area (Å²) in [5, 5.41) is 9.02. The van der Waals surface area contributed by atoms with Crippen LogP contribution in [0, 0.1) is 0 Å². The van der Waals surface area contributed by atoms with Gasteiger partial charge >= 0.3 is 0 Å². The predicted octanol–water partition coefficient (Wildman–Crippen LogP) is 14.9. The Bertz CT molecular complexity index is 735. The van der Waals surface area contributed by atoms with E-state index in [0.717, 1.165) is 43.7 Å². The van der Waals surface area contributed by atoms with Gasteiger partial charge in [-0.3, -0.25) is 0 Å². The number of allylic oxidation sites excluding steroid dienone is 4. The number of aliphatic hydroxyl groups excluding tert-OH is 1. The van der Waals surface area contributed by atoms with Crippen molar-refractivity contribution >= 4 is 0 Å². The second-order valence-corrected chi connectivity index (χ2v) is 17.1. The first kappa shape index (κ1) is 52.3. The van der Waals surface area contributed by atoms with Gasteiger partial charge in [0, 0.05) is 19.8 Å². The fourth-order valence-corrected chi connectivity index (χ4v) is 7.42. The van der Waals surface area contributed by atoms with Gasteiger partial charge < -0.3 is 19.1 Å². The van der Waals surface area contributed by atoms with Crippen molar-refractivity contribution in [2.75, 3.05) is 53.6 Å². The molecule has 53 heavy (non-hydrogen) atoms. The molecule has 0 radical (unpaired) electrons. The van der Waals surface area contributed by atoms with E-state index in [4.69, 9.17) is 14.6 Å². The maximum Gasteiger partial charge on any atom is 0.130 e. The monoisotopic (exact) mass is 749 g/mol. The summed E-state index contributed by atoms with van der Waals surface area (Å²) in [7, 11) is 4.74. The van der Waals surface area contributed by atoms with Gasteiger partial charge in [0.2, 0.25) is 0 Å². The van der Waals surface area contributed by atoms with E-state index in [1.807, 2.05) is 0 Å². The largest absolute Gasteiger partial charge is 0.396 e. The molecule has 0 heterocycles. The SMILES string of the molecule is CCCCCCCC/C=C\CCCCCCCCOCC(C[N+](C)(C)CCCCCCCCO)OCCCCCCCC/C=C\CCCCCCCC. The normalized spacial score (nSPS) is 12.9. The number of quaternary nitrogens is 1. The topological polar surface area (TPSA) is 38.7 Å². The van der Waals surface area contributed by atoms with Crippen molar-refractivity contribution in [1.82, 2.24) is 0 Å². The van der Waals surface area contributed by atoms with Gasteiger partial charge in [-0.05, 0) is 83.5 Å². The molecule has 4 nitrogen and oxygen atoms in total. The number of ether oxygens (including phenoxy) is 2. The van der Waals surface area contributed by atoms with E-state index < -0.39 is 0 Å². The van der Waals surface area contributed by atoms with Crippen LogP contribution in [-0.2, 0) is 9.47 Å². The zero-order valence-electron chi connectivity index (χ0n) is 36.9. The highest BCUT2D eigenvalue weighted by atomic mass is 16.5. The van der Waals surface area contributed by atoms with Crippen LogP contribution in [0.2, 0.25) is 0 Å². The van der Waals surface area contributed by atoms with Gasteiger partial charge in [-0.1, -0.05) is 173 Å². The van der Waals surface area contributed by atoms with Crippen molar-refractivity contribution in [3.05, 3.63) is 24.3 Å². The fourth-order valence-electron chi connectivity index (χ4n) is 7.42. The van der Waals surface area contributed by atoms with E-state index in [9.17, 15) is 0 Å². The number of likely N-dealkylation sites (N-methyl/N-ethyl adjacent to an activating group) is 1. The Morgan fingerprint density at radius 3 is 1.23 bits per heavy atom. The molecule has 1 unspecified atom stereocenters. The smallest absolute Gasteiger partial charge is 0.130 e. The summed E-state index contributed by atoms with van der Waals surface area (Å²) in [5.41, 5.74) is 0. The van der Waals surface area contributed by atoms with Gasteiger partial charge in [0.05, 0.1) is 27.2 Å². The van der Waals surface area contributed by atoms with Crippen molar-refractivity contribution in [2.24, 2.45) is 0 Å². The summed E-state index contributed by atoms with van der Waals surface area (Å²) in [5.74, 6) is 0. The quantitative estimate of drug-likeness (QED) is 0.0383. The first-order valence-corrected chi connectivity index (χ1v) is 24.0. The molecule has 1 atom stereocenters. The zero-order chi connectivity index (χ0) is 38.6. The number of unbranched alkanes of at least 4 members (excludes halogenated alkanes) is 29. The van der Waals surface area contributed by atoms with E-state index in [0.29, 0.717) is 6.61 Å². The van der Waals surface area contributed by atoms with E-state index >= 15 is 0 Å². The maximum atomic E-state index is 9.02. The van der Waals surface area contributed by atoms with Crippen molar-refractivity contribution < 1.29 is 19.1 Å². The minimum absolute atomic E-state index is 0.187. The molecule has 0 bridgehead atoms. The molecule has 0 spiro atoms. The molecule has 0 aliphatic rings. The molecule has 316 valence electrons. The molecule has 0 rings (SSSR count). The molecule has 0 saturated heterocycles. The first-order chi connectivity index (χ1) is 26.1. The van der Waals surface area contributed by atoms with Gasteiger partial charge in [-0.2, -0.15) is 0 Å².